The Morgan fingerprint density at radius 1 is 0.808 bits per heavy atom. The Bertz CT molecular complexity index is 516. The first kappa shape index (κ1) is 19.2. The van der Waals surface area contributed by atoms with E-state index < -0.39 is 6.04 Å². The van der Waals surface area contributed by atoms with Crippen LogP contribution in [0.2, 0.25) is 0 Å². The van der Waals surface area contributed by atoms with E-state index in [1.165, 1.54) is 6.42 Å². The van der Waals surface area contributed by atoms with Gasteiger partial charge in [-0.05, 0) is 50.9 Å². The number of amides is 3. The standard InChI is InChI=1S/C20H33N3O3/c1-15(24)22-13-9-16(10-14-22)18(20(26)23-11-5-2-6-12-23)21-19(25)17-7-3-4-8-17/h16-18H,2-14H2,1H3,(H,21,25). The highest BCUT2D eigenvalue weighted by Gasteiger charge is 2.37. The van der Waals surface area contributed by atoms with Crippen LogP contribution in [0.5, 0.6) is 0 Å². The van der Waals surface area contributed by atoms with E-state index in [4.69, 9.17) is 0 Å². The number of likely N-dealkylation sites (tertiary alicyclic amines) is 2. The monoisotopic (exact) mass is 363 g/mol. The summed E-state index contributed by atoms with van der Waals surface area (Å²) in [5, 5.41) is 3.14. The van der Waals surface area contributed by atoms with Crippen LogP contribution in [0.15, 0.2) is 0 Å². The van der Waals surface area contributed by atoms with Crippen LogP contribution in [0.4, 0.5) is 0 Å². The molecule has 3 fully saturated rings. The second-order valence-corrected chi connectivity index (χ2v) is 8.20. The molecule has 1 atom stereocenters. The third kappa shape index (κ3) is 4.57. The number of rotatable bonds is 4. The first-order chi connectivity index (χ1) is 12.6. The Morgan fingerprint density at radius 2 is 1.42 bits per heavy atom. The minimum absolute atomic E-state index is 0.0619. The predicted molar refractivity (Wildman–Crippen MR) is 99.3 cm³/mol. The highest BCUT2D eigenvalue weighted by molar-refractivity contribution is 5.89. The van der Waals surface area contributed by atoms with Gasteiger partial charge in [-0.1, -0.05) is 12.8 Å². The van der Waals surface area contributed by atoms with Crippen molar-refractivity contribution in [3.8, 4) is 0 Å². The van der Waals surface area contributed by atoms with Gasteiger partial charge in [0.2, 0.25) is 17.7 Å². The zero-order chi connectivity index (χ0) is 18.5. The first-order valence-corrected chi connectivity index (χ1v) is 10.4. The van der Waals surface area contributed by atoms with Gasteiger partial charge in [0, 0.05) is 39.0 Å². The van der Waals surface area contributed by atoms with Gasteiger partial charge in [-0.3, -0.25) is 14.4 Å². The van der Waals surface area contributed by atoms with Gasteiger partial charge >= 0.3 is 0 Å². The van der Waals surface area contributed by atoms with Gasteiger partial charge in [0.1, 0.15) is 6.04 Å². The molecule has 3 amide bonds. The number of carbonyl (C=O) groups excluding carboxylic acids is 3. The normalized spacial score (nSPS) is 23.7. The summed E-state index contributed by atoms with van der Waals surface area (Å²) in [6.07, 6.45) is 8.97. The van der Waals surface area contributed by atoms with Crippen molar-refractivity contribution in [2.24, 2.45) is 11.8 Å². The Labute approximate surface area is 156 Å². The molecular formula is C20H33N3O3. The smallest absolute Gasteiger partial charge is 0.245 e. The molecule has 2 aliphatic heterocycles. The van der Waals surface area contributed by atoms with E-state index in [0.717, 1.165) is 64.5 Å². The molecule has 6 heteroatoms. The van der Waals surface area contributed by atoms with E-state index in [1.807, 2.05) is 9.80 Å². The lowest BCUT2D eigenvalue weighted by Crippen LogP contribution is -2.56. The summed E-state index contributed by atoms with van der Waals surface area (Å²) in [6.45, 7) is 4.58. The van der Waals surface area contributed by atoms with Crippen LogP contribution in [0.3, 0.4) is 0 Å². The molecular weight excluding hydrogens is 330 g/mol. The highest BCUT2D eigenvalue weighted by atomic mass is 16.2. The zero-order valence-electron chi connectivity index (χ0n) is 16.0. The van der Waals surface area contributed by atoms with E-state index in [9.17, 15) is 14.4 Å². The summed E-state index contributed by atoms with van der Waals surface area (Å²) in [5.74, 6) is 0.455. The fourth-order valence-corrected chi connectivity index (χ4v) is 4.70. The van der Waals surface area contributed by atoms with Crippen molar-refractivity contribution in [2.75, 3.05) is 26.2 Å². The molecule has 146 valence electrons. The summed E-state index contributed by atoms with van der Waals surface area (Å²) in [7, 11) is 0. The number of hydrogen-bond acceptors (Lipinski definition) is 3. The number of carbonyl (C=O) groups is 3. The van der Waals surface area contributed by atoms with Crippen LogP contribution in [-0.2, 0) is 14.4 Å². The van der Waals surface area contributed by atoms with E-state index in [-0.39, 0.29) is 29.6 Å². The second kappa shape index (κ2) is 8.87. The fraction of sp³-hybridized carbons (Fsp3) is 0.850. The number of nitrogens with one attached hydrogen (secondary N) is 1. The second-order valence-electron chi connectivity index (χ2n) is 8.20. The quantitative estimate of drug-likeness (QED) is 0.830. The molecule has 0 aromatic carbocycles. The molecule has 1 aliphatic carbocycles. The van der Waals surface area contributed by atoms with Gasteiger partial charge in [-0.15, -0.1) is 0 Å². The average molecular weight is 364 g/mol. The van der Waals surface area contributed by atoms with Crippen LogP contribution in [0.1, 0.15) is 64.7 Å². The third-order valence-electron chi connectivity index (χ3n) is 6.41. The van der Waals surface area contributed by atoms with Crippen LogP contribution in [0.25, 0.3) is 0 Å². The van der Waals surface area contributed by atoms with Crippen LogP contribution >= 0.6 is 0 Å². The minimum atomic E-state index is -0.421. The zero-order valence-corrected chi connectivity index (χ0v) is 16.0. The lowest BCUT2D eigenvalue weighted by molar-refractivity contribution is -0.140. The van der Waals surface area contributed by atoms with Crippen LogP contribution in [-0.4, -0.2) is 59.7 Å². The summed E-state index contributed by atoms with van der Waals surface area (Å²) in [6, 6.07) is -0.421. The van der Waals surface area contributed by atoms with Crippen molar-refractivity contribution in [1.29, 1.82) is 0 Å². The van der Waals surface area contributed by atoms with Gasteiger partial charge in [0.15, 0.2) is 0 Å². The molecule has 0 aromatic rings. The molecule has 6 nitrogen and oxygen atoms in total. The third-order valence-corrected chi connectivity index (χ3v) is 6.41. The molecule has 3 rings (SSSR count). The van der Waals surface area contributed by atoms with Crippen LogP contribution < -0.4 is 5.32 Å². The van der Waals surface area contributed by atoms with Crippen molar-refractivity contribution in [3.63, 3.8) is 0 Å². The number of nitrogens with zero attached hydrogens (tertiary/aromatic N) is 2. The van der Waals surface area contributed by atoms with Crippen molar-refractivity contribution < 1.29 is 14.4 Å². The topological polar surface area (TPSA) is 69.7 Å². The molecule has 1 N–H and O–H groups in total. The van der Waals surface area contributed by atoms with Gasteiger partial charge in [-0.25, -0.2) is 0 Å². The SMILES string of the molecule is CC(=O)N1CCC(C(NC(=O)C2CCCC2)C(=O)N2CCCCC2)CC1. The molecule has 1 saturated carbocycles. The molecule has 0 spiro atoms. The van der Waals surface area contributed by atoms with Crippen molar-refractivity contribution in [3.05, 3.63) is 0 Å². The molecule has 26 heavy (non-hydrogen) atoms. The molecule has 2 heterocycles. The minimum Gasteiger partial charge on any atom is -0.344 e. The maximum absolute atomic E-state index is 13.2. The Hall–Kier alpha value is -1.59. The number of piperidine rings is 2. The van der Waals surface area contributed by atoms with Crippen LogP contribution in [0, 0.1) is 11.8 Å². The highest BCUT2D eigenvalue weighted by Crippen LogP contribution is 2.27. The maximum Gasteiger partial charge on any atom is 0.245 e. The first-order valence-electron chi connectivity index (χ1n) is 10.4. The summed E-state index contributed by atoms with van der Waals surface area (Å²) < 4.78 is 0. The van der Waals surface area contributed by atoms with Crippen molar-refractivity contribution in [2.45, 2.75) is 70.8 Å². The molecule has 0 aromatic heterocycles. The summed E-state index contributed by atoms with van der Waals surface area (Å²) in [4.78, 5) is 41.3. The average Bonchev–Trinajstić information content (AvgIpc) is 3.21. The number of hydrogen-bond donors (Lipinski definition) is 1. The Balaban J connectivity index is 1.67. The fourth-order valence-electron chi connectivity index (χ4n) is 4.70. The van der Waals surface area contributed by atoms with Gasteiger partial charge in [0.25, 0.3) is 0 Å². The van der Waals surface area contributed by atoms with Gasteiger partial charge in [0.05, 0.1) is 0 Å². The molecule has 3 aliphatic rings. The Kier molecular flexibility index (Phi) is 6.54. The van der Waals surface area contributed by atoms with E-state index >= 15 is 0 Å². The molecule has 1 unspecified atom stereocenters. The molecule has 0 radical (unpaired) electrons. The Morgan fingerprint density at radius 3 is 2.00 bits per heavy atom. The summed E-state index contributed by atoms with van der Waals surface area (Å²) in [5.41, 5.74) is 0. The van der Waals surface area contributed by atoms with E-state index in [2.05, 4.69) is 5.32 Å². The van der Waals surface area contributed by atoms with E-state index in [0.29, 0.717) is 13.1 Å². The predicted octanol–water partition coefficient (Wildman–Crippen LogP) is 1.93. The van der Waals surface area contributed by atoms with Gasteiger partial charge < -0.3 is 15.1 Å². The van der Waals surface area contributed by atoms with Crippen molar-refractivity contribution >= 4 is 17.7 Å². The molecule has 0 bridgehead atoms. The lowest BCUT2D eigenvalue weighted by atomic mass is 9.87. The lowest BCUT2D eigenvalue weighted by Gasteiger charge is -2.38. The summed E-state index contributed by atoms with van der Waals surface area (Å²) >= 11 is 0. The van der Waals surface area contributed by atoms with Crippen molar-refractivity contribution in [1.82, 2.24) is 15.1 Å². The van der Waals surface area contributed by atoms with Gasteiger partial charge in [-0.2, -0.15) is 0 Å². The molecule has 2 saturated heterocycles. The van der Waals surface area contributed by atoms with E-state index in [1.54, 1.807) is 6.92 Å². The maximum atomic E-state index is 13.2. The largest absolute Gasteiger partial charge is 0.344 e.